The average molecular weight is 257 g/mol. The Labute approximate surface area is 89.9 Å². The number of carbonyl (C=O) groups excluding carboxylic acids is 1. The molecule has 74 valence electrons. The molecule has 1 aromatic rings. The maximum atomic E-state index is 11.3. The van der Waals surface area contributed by atoms with Crippen LogP contribution in [0.4, 0.5) is 0 Å². The molecule has 0 heterocycles. The minimum atomic E-state index is -1.42. The summed E-state index contributed by atoms with van der Waals surface area (Å²) in [6, 6.07) is 5.05. The first kappa shape index (κ1) is 10.9. The lowest BCUT2D eigenvalue weighted by Gasteiger charge is -2.06. The zero-order valence-electron chi connectivity index (χ0n) is 7.58. The van der Waals surface area contributed by atoms with Crippen molar-refractivity contribution in [3.63, 3.8) is 0 Å². The number of Topliss-reactive ketones (excluding diaryl/α,β-unsaturated/α-hetero) is 1. The van der Waals surface area contributed by atoms with Gasteiger partial charge in [-0.3, -0.25) is 4.79 Å². The van der Waals surface area contributed by atoms with Crippen molar-refractivity contribution in [3.05, 3.63) is 34.9 Å². The molecule has 0 aliphatic heterocycles. The molecule has 0 unspecified atom stereocenters. The van der Waals surface area contributed by atoms with Crippen molar-refractivity contribution in [2.45, 2.75) is 12.3 Å². The van der Waals surface area contributed by atoms with Gasteiger partial charge in [-0.1, -0.05) is 34.1 Å². The first-order valence-electron chi connectivity index (χ1n) is 4.00. The van der Waals surface area contributed by atoms with Crippen molar-refractivity contribution >= 4 is 27.7 Å². The van der Waals surface area contributed by atoms with Gasteiger partial charge in [-0.2, -0.15) is 0 Å². The molecule has 0 aromatic heterocycles. The topological polar surface area (TPSA) is 54.4 Å². The maximum absolute atomic E-state index is 11.3. The number of hydrogen-bond donors (Lipinski definition) is 1. The van der Waals surface area contributed by atoms with Crippen LogP contribution in [0.15, 0.2) is 18.2 Å². The van der Waals surface area contributed by atoms with Crippen LogP contribution in [0.1, 0.15) is 21.5 Å². The lowest BCUT2D eigenvalue weighted by atomic mass is 10.0. The standard InChI is InChI=1S/C10H9BrO3/c1-6-3-2-4-7(8(6)5-11)9(12)10(13)14/h2-4H,5H2,1H3,(H,13,14). The van der Waals surface area contributed by atoms with Crippen molar-refractivity contribution < 1.29 is 14.7 Å². The van der Waals surface area contributed by atoms with Crippen LogP contribution in [0.2, 0.25) is 0 Å². The second-order valence-electron chi connectivity index (χ2n) is 2.87. The van der Waals surface area contributed by atoms with E-state index in [1.807, 2.05) is 13.0 Å². The first-order valence-corrected chi connectivity index (χ1v) is 5.12. The maximum Gasteiger partial charge on any atom is 0.377 e. The molecule has 0 bridgehead atoms. The van der Waals surface area contributed by atoms with Gasteiger partial charge in [-0.25, -0.2) is 4.79 Å². The smallest absolute Gasteiger partial charge is 0.377 e. The number of alkyl halides is 1. The summed E-state index contributed by atoms with van der Waals surface area (Å²) in [6.45, 7) is 1.84. The third kappa shape index (κ3) is 2.01. The Bertz CT molecular complexity index is 385. The fourth-order valence-electron chi connectivity index (χ4n) is 1.21. The van der Waals surface area contributed by atoms with Crippen LogP contribution in [0.3, 0.4) is 0 Å². The highest BCUT2D eigenvalue weighted by molar-refractivity contribution is 9.08. The number of carbonyl (C=O) groups is 2. The van der Waals surface area contributed by atoms with E-state index in [1.165, 1.54) is 6.07 Å². The predicted octanol–water partition coefficient (Wildman–Crippen LogP) is 2.16. The molecule has 1 N–H and O–H groups in total. The number of ketones is 1. The van der Waals surface area contributed by atoms with Crippen LogP contribution in [-0.4, -0.2) is 16.9 Å². The van der Waals surface area contributed by atoms with E-state index in [1.54, 1.807) is 6.07 Å². The van der Waals surface area contributed by atoms with Crippen LogP contribution in [0.25, 0.3) is 0 Å². The highest BCUT2D eigenvalue weighted by Gasteiger charge is 2.18. The number of halogens is 1. The van der Waals surface area contributed by atoms with Crippen LogP contribution in [0.5, 0.6) is 0 Å². The van der Waals surface area contributed by atoms with Gasteiger partial charge in [0, 0.05) is 10.9 Å². The van der Waals surface area contributed by atoms with Gasteiger partial charge in [0.2, 0.25) is 0 Å². The summed E-state index contributed by atoms with van der Waals surface area (Å²) in [5.74, 6) is -2.28. The number of aryl methyl sites for hydroxylation is 1. The summed E-state index contributed by atoms with van der Waals surface area (Å²) in [7, 11) is 0. The summed E-state index contributed by atoms with van der Waals surface area (Å²) in [5, 5.41) is 9.06. The Kier molecular flexibility index (Phi) is 3.41. The van der Waals surface area contributed by atoms with Crippen molar-refractivity contribution in [1.82, 2.24) is 0 Å². The van der Waals surface area contributed by atoms with E-state index in [2.05, 4.69) is 15.9 Å². The second kappa shape index (κ2) is 4.37. The molecule has 1 rings (SSSR count). The lowest BCUT2D eigenvalue weighted by Crippen LogP contribution is -2.15. The molecule has 4 heteroatoms. The third-order valence-electron chi connectivity index (χ3n) is 1.98. The number of carboxylic acids is 1. The molecule has 0 radical (unpaired) electrons. The molecular weight excluding hydrogens is 248 g/mol. The second-order valence-corrected chi connectivity index (χ2v) is 3.43. The monoisotopic (exact) mass is 256 g/mol. The normalized spacial score (nSPS) is 9.86. The van der Waals surface area contributed by atoms with E-state index in [9.17, 15) is 9.59 Å². The molecule has 0 saturated heterocycles. The van der Waals surface area contributed by atoms with E-state index in [4.69, 9.17) is 5.11 Å². The molecule has 0 fully saturated rings. The van der Waals surface area contributed by atoms with E-state index >= 15 is 0 Å². The zero-order chi connectivity index (χ0) is 10.7. The van der Waals surface area contributed by atoms with Gasteiger partial charge in [0.1, 0.15) is 0 Å². The molecule has 1 aromatic carbocycles. The summed E-state index contributed by atoms with van der Waals surface area (Å²) in [5.41, 5.74) is 1.91. The molecule has 0 amide bonds. The fraction of sp³-hybridized carbons (Fsp3) is 0.200. The molecular formula is C10H9BrO3. The van der Waals surface area contributed by atoms with E-state index in [0.29, 0.717) is 5.33 Å². The van der Waals surface area contributed by atoms with Crippen molar-refractivity contribution in [1.29, 1.82) is 0 Å². The summed E-state index contributed by atoms with van der Waals surface area (Å²) in [4.78, 5) is 21.8. The fourth-order valence-corrected chi connectivity index (χ4v) is 1.95. The Balaban J connectivity index is 3.27. The molecule has 0 aliphatic carbocycles. The number of aliphatic carboxylic acids is 1. The summed E-state index contributed by atoms with van der Waals surface area (Å²) in [6.07, 6.45) is 0. The number of carboxylic acid groups (broad SMARTS) is 1. The Hall–Kier alpha value is -1.16. The van der Waals surface area contributed by atoms with E-state index in [-0.39, 0.29) is 5.56 Å². The van der Waals surface area contributed by atoms with Crippen molar-refractivity contribution in [2.75, 3.05) is 0 Å². The van der Waals surface area contributed by atoms with Crippen LogP contribution in [0, 0.1) is 6.92 Å². The Morgan fingerprint density at radius 2 is 2.07 bits per heavy atom. The predicted molar refractivity (Wildman–Crippen MR) is 55.8 cm³/mol. The van der Waals surface area contributed by atoms with Crippen molar-refractivity contribution in [3.8, 4) is 0 Å². The molecule has 3 nitrogen and oxygen atoms in total. The van der Waals surface area contributed by atoms with Gasteiger partial charge in [-0.15, -0.1) is 0 Å². The quantitative estimate of drug-likeness (QED) is 0.512. The van der Waals surface area contributed by atoms with Crippen LogP contribution < -0.4 is 0 Å². The minimum absolute atomic E-state index is 0.259. The highest BCUT2D eigenvalue weighted by Crippen LogP contribution is 2.17. The van der Waals surface area contributed by atoms with Gasteiger partial charge >= 0.3 is 5.97 Å². The molecule has 0 aliphatic rings. The number of rotatable bonds is 3. The lowest BCUT2D eigenvalue weighted by molar-refractivity contribution is -0.131. The van der Waals surface area contributed by atoms with Gasteiger partial charge in [0.05, 0.1) is 0 Å². The van der Waals surface area contributed by atoms with Gasteiger partial charge < -0.3 is 5.11 Å². The minimum Gasteiger partial charge on any atom is -0.475 e. The van der Waals surface area contributed by atoms with E-state index < -0.39 is 11.8 Å². The summed E-state index contributed by atoms with van der Waals surface area (Å²) < 4.78 is 0. The number of benzene rings is 1. The molecule has 0 saturated carbocycles. The largest absolute Gasteiger partial charge is 0.475 e. The first-order chi connectivity index (χ1) is 6.57. The summed E-state index contributed by atoms with van der Waals surface area (Å²) >= 11 is 3.23. The number of hydrogen-bond acceptors (Lipinski definition) is 2. The third-order valence-corrected chi connectivity index (χ3v) is 2.54. The van der Waals surface area contributed by atoms with E-state index in [0.717, 1.165) is 11.1 Å². The van der Waals surface area contributed by atoms with Crippen LogP contribution >= 0.6 is 15.9 Å². The van der Waals surface area contributed by atoms with Gasteiger partial charge in [0.25, 0.3) is 5.78 Å². The highest BCUT2D eigenvalue weighted by atomic mass is 79.9. The molecule has 14 heavy (non-hydrogen) atoms. The van der Waals surface area contributed by atoms with Gasteiger partial charge in [-0.05, 0) is 18.1 Å². The molecule has 0 spiro atoms. The Morgan fingerprint density at radius 1 is 1.43 bits per heavy atom. The zero-order valence-corrected chi connectivity index (χ0v) is 9.17. The SMILES string of the molecule is Cc1cccc(C(=O)C(=O)O)c1CBr. The van der Waals surface area contributed by atoms with Crippen LogP contribution in [-0.2, 0) is 10.1 Å². The van der Waals surface area contributed by atoms with Crippen molar-refractivity contribution in [2.24, 2.45) is 0 Å². The van der Waals surface area contributed by atoms with Gasteiger partial charge in [0.15, 0.2) is 0 Å². The average Bonchev–Trinajstić information content (AvgIpc) is 2.16. The Morgan fingerprint density at radius 3 is 2.57 bits per heavy atom. The molecule has 0 atom stereocenters.